The fourth-order valence-corrected chi connectivity index (χ4v) is 5.41. The molecule has 8 nitrogen and oxygen atoms in total. The Hall–Kier alpha value is -3.36. The highest BCUT2D eigenvalue weighted by Crippen LogP contribution is 2.47. The molecule has 10 heteroatoms. The second-order valence-electron chi connectivity index (χ2n) is 8.57. The smallest absolute Gasteiger partial charge is 0.224 e. The number of ketones is 1. The summed E-state index contributed by atoms with van der Waals surface area (Å²) in [5.41, 5.74) is 2.23. The first-order valence-electron chi connectivity index (χ1n) is 11.2. The van der Waals surface area contributed by atoms with Crippen molar-refractivity contribution in [1.29, 1.82) is 0 Å². The second-order valence-corrected chi connectivity index (χ2v) is 9.32. The minimum Gasteiger partial charge on any atom is -0.506 e. The lowest BCUT2D eigenvalue weighted by atomic mass is 9.97. The van der Waals surface area contributed by atoms with Crippen molar-refractivity contribution in [2.75, 3.05) is 12.4 Å². The Labute approximate surface area is 211 Å². The molecular weight excluding hydrogens is 489 g/mol. The fraction of sp³-hybridized carbons (Fsp3) is 0.280. The van der Waals surface area contributed by atoms with Crippen molar-refractivity contribution in [2.45, 2.75) is 31.7 Å². The van der Waals surface area contributed by atoms with Gasteiger partial charge in [-0.05, 0) is 30.9 Å². The van der Waals surface area contributed by atoms with Crippen molar-refractivity contribution in [3.05, 3.63) is 53.4 Å². The first kappa shape index (κ1) is 23.4. The maximum atomic E-state index is 11.9. The quantitative estimate of drug-likeness (QED) is 0.307. The van der Waals surface area contributed by atoms with Crippen molar-refractivity contribution in [2.24, 2.45) is 5.92 Å². The Morgan fingerprint density at radius 3 is 2.89 bits per heavy atom. The summed E-state index contributed by atoms with van der Waals surface area (Å²) in [5.74, 6) is 0.908. The summed E-state index contributed by atoms with van der Waals surface area (Å²) in [6, 6.07) is 3.33. The molecule has 0 bridgehead atoms. The number of nitrogens with zero attached hydrogens (tertiary/aromatic N) is 4. The normalized spacial score (nSPS) is 17.7. The van der Waals surface area contributed by atoms with E-state index in [-0.39, 0.29) is 33.5 Å². The van der Waals surface area contributed by atoms with Crippen LogP contribution in [0.4, 0.5) is 5.95 Å². The topological polar surface area (TPSA) is 102 Å². The highest BCUT2D eigenvalue weighted by Gasteiger charge is 2.29. The Balaban J connectivity index is 1.58. The van der Waals surface area contributed by atoms with E-state index >= 15 is 0 Å². The van der Waals surface area contributed by atoms with Crippen molar-refractivity contribution >= 4 is 51.6 Å². The summed E-state index contributed by atoms with van der Waals surface area (Å²) < 4.78 is 7.13. The van der Waals surface area contributed by atoms with Crippen LogP contribution in [0.3, 0.4) is 0 Å². The molecule has 1 aromatic carbocycles. The van der Waals surface area contributed by atoms with Crippen LogP contribution in [0.15, 0.2) is 43.4 Å². The monoisotopic (exact) mass is 511 g/mol. The summed E-state index contributed by atoms with van der Waals surface area (Å²) in [6.45, 7) is 3.58. The molecule has 0 aliphatic heterocycles. The first-order valence-corrected chi connectivity index (χ1v) is 12.0. The molecule has 0 radical (unpaired) electrons. The number of hydrogen-bond donors (Lipinski definition) is 2. The van der Waals surface area contributed by atoms with Crippen molar-refractivity contribution < 1.29 is 14.6 Å². The lowest BCUT2D eigenvalue weighted by Crippen LogP contribution is -2.26. The van der Waals surface area contributed by atoms with Gasteiger partial charge in [0.05, 0.1) is 17.2 Å². The van der Waals surface area contributed by atoms with E-state index in [4.69, 9.17) is 32.9 Å². The number of hydrogen-bond acceptors (Lipinski definition) is 7. The number of rotatable bonds is 7. The summed E-state index contributed by atoms with van der Waals surface area (Å²) >= 11 is 13.1. The number of allylic oxidation sites excluding steroid dienone is 1. The van der Waals surface area contributed by atoms with Gasteiger partial charge in [0.2, 0.25) is 5.95 Å². The number of benzene rings is 1. The summed E-state index contributed by atoms with van der Waals surface area (Å²) in [4.78, 5) is 25.7. The largest absolute Gasteiger partial charge is 0.506 e. The van der Waals surface area contributed by atoms with Crippen molar-refractivity contribution in [3.8, 4) is 22.6 Å². The molecule has 4 aromatic rings. The standard InChI is InChI=1S/C25H23Cl2N5O3/c1-3-15(33)9-13-5-4-6-17(13)30-25-29-12-14-10-16(24-28-7-8-32(24)23(14)31-25)20-21(26)18(34)11-19(35-2)22(20)27/h3,7-8,10-13,17,34H,1,4-6,9H2,2H3,(H,29,30,31). The number of anilines is 1. The minimum absolute atomic E-state index is 0.0525. The lowest BCUT2D eigenvalue weighted by molar-refractivity contribution is -0.115. The molecule has 3 aromatic heterocycles. The molecular formula is C25H23Cl2N5O3. The van der Waals surface area contributed by atoms with Gasteiger partial charge in [0.1, 0.15) is 17.1 Å². The molecule has 3 heterocycles. The number of pyridine rings is 1. The number of phenolic OH excluding ortho intramolecular Hbond substituents is 1. The Bertz CT molecular complexity index is 1470. The molecule has 35 heavy (non-hydrogen) atoms. The first-order chi connectivity index (χ1) is 16.9. The van der Waals surface area contributed by atoms with Gasteiger partial charge in [-0.1, -0.05) is 36.2 Å². The number of aromatic hydroxyl groups is 1. The van der Waals surface area contributed by atoms with E-state index in [0.29, 0.717) is 40.5 Å². The van der Waals surface area contributed by atoms with Crippen LogP contribution in [0.1, 0.15) is 25.7 Å². The highest BCUT2D eigenvalue weighted by molar-refractivity contribution is 6.41. The number of fused-ring (bicyclic) bond motifs is 3. The third kappa shape index (κ3) is 4.17. The number of aromatic nitrogens is 4. The van der Waals surface area contributed by atoms with Gasteiger partial charge in [-0.3, -0.25) is 9.20 Å². The second kappa shape index (κ2) is 9.36. The maximum Gasteiger partial charge on any atom is 0.224 e. The number of phenols is 1. The van der Waals surface area contributed by atoms with Crippen LogP contribution in [0.25, 0.3) is 27.8 Å². The summed E-state index contributed by atoms with van der Waals surface area (Å²) in [6.07, 6.45) is 10.00. The number of ether oxygens (including phenoxy) is 1. The van der Waals surface area contributed by atoms with E-state index < -0.39 is 0 Å². The molecule has 0 saturated heterocycles. The molecule has 1 aliphatic carbocycles. The zero-order valence-electron chi connectivity index (χ0n) is 19.0. The zero-order chi connectivity index (χ0) is 24.7. The average Bonchev–Trinajstić information content (AvgIpc) is 3.52. The van der Waals surface area contributed by atoms with Crippen LogP contribution in [-0.2, 0) is 4.79 Å². The van der Waals surface area contributed by atoms with Gasteiger partial charge < -0.3 is 15.2 Å². The van der Waals surface area contributed by atoms with Crippen LogP contribution in [0, 0.1) is 5.92 Å². The van der Waals surface area contributed by atoms with Gasteiger partial charge in [-0.25, -0.2) is 9.97 Å². The maximum absolute atomic E-state index is 11.9. The number of methoxy groups -OCH3 is 1. The number of nitrogens with one attached hydrogen (secondary N) is 1. The van der Waals surface area contributed by atoms with Gasteiger partial charge in [-0.2, -0.15) is 4.98 Å². The third-order valence-corrected chi connectivity index (χ3v) is 7.27. The number of halogens is 2. The Kier molecular flexibility index (Phi) is 6.25. The third-order valence-electron chi connectivity index (χ3n) is 6.51. The molecule has 2 N–H and O–H groups in total. The number of carbonyl (C=O) groups is 1. The summed E-state index contributed by atoms with van der Waals surface area (Å²) in [5, 5.41) is 14.9. The van der Waals surface area contributed by atoms with E-state index in [9.17, 15) is 9.90 Å². The van der Waals surface area contributed by atoms with E-state index in [1.807, 2.05) is 10.5 Å². The van der Waals surface area contributed by atoms with Gasteiger partial charge in [0.15, 0.2) is 11.4 Å². The highest BCUT2D eigenvalue weighted by atomic mass is 35.5. The molecule has 0 amide bonds. The number of imidazole rings is 1. The van der Waals surface area contributed by atoms with Gasteiger partial charge in [0, 0.05) is 53.6 Å². The van der Waals surface area contributed by atoms with Gasteiger partial charge in [0.25, 0.3) is 0 Å². The number of carbonyl (C=O) groups excluding carboxylic acids is 1. The molecule has 5 rings (SSSR count). The SMILES string of the molecule is C=CC(=O)CC1CCCC1Nc1ncc2cc(-c3c(Cl)c(O)cc(OC)c3Cl)c3nccn3c2n1. The minimum atomic E-state index is -0.149. The molecule has 2 atom stereocenters. The summed E-state index contributed by atoms with van der Waals surface area (Å²) in [7, 11) is 1.47. The van der Waals surface area contributed by atoms with Gasteiger partial charge >= 0.3 is 0 Å². The average molecular weight is 512 g/mol. The molecule has 1 fully saturated rings. The van der Waals surface area contributed by atoms with Crippen LogP contribution in [-0.4, -0.2) is 43.4 Å². The van der Waals surface area contributed by atoms with Crippen LogP contribution in [0.5, 0.6) is 11.5 Å². The van der Waals surface area contributed by atoms with E-state index in [2.05, 4.69) is 21.9 Å². The van der Waals surface area contributed by atoms with E-state index in [1.165, 1.54) is 19.3 Å². The Morgan fingerprint density at radius 2 is 2.11 bits per heavy atom. The van der Waals surface area contributed by atoms with Crippen molar-refractivity contribution in [3.63, 3.8) is 0 Å². The fourth-order valence-electron chi connectivity index (χ4n) is 4.79. The molecule has 1 saturated carbocycles. The zero-order valence-corrected chi connectivity index (χ0v) is 20.5. The predicted molar refractivity (Wildman–Crippen MR) is 137 cm³/mol. The van der Waals surface area contributed by atoms with E-state index in [0.717, 1.165) is 24.6 Å². The lowest BCUT2D eigenvalue weighted by Gasteiger charge is -2.20. The van der Waals surface area contributed by atoms with Crippen LogP contribution >= 0.6 is 23.2 Å². The predicted octanol–water partition coefficient (Wildman–Crippen LogP) is 5.69. The molecule has 180 valence electrons. The van der Waals surface area contributed by atoms with Crippen LogP contribution in [0.2, 0.25) is 10.0 Å². The molecule has 0 spiro atoms. The van der Waals surface area contributed by atoms with Crippen LogP contribution < -0.4 is 10.1 Å². The van der Waals surface area contributed by atoms with E-state index in [1.54, 1.807) is 18.6 Å². The molecule has 1 aliphatic rings. The molecule has 2 unspecified atom stereocenters. The van der Waals surface area contributed by atoms with Crippen molar-refractivity contribution in [1.82, 2.24) is 19.4 Å². The van der Waals surface area contributed by atoms with Gasteiger partial charge in [-0.15, -0.1) is 0 Å². The Morgan fingerprint density at radius 1 is 1.29 bits per heavy atom.